The van der Waals surface area contributed by atoms with Crippen molar-refractivity contribution in [1.82, 2.24) is 15.0 Å². The first kappa shape index (κ1) is 33.8. The van der Waals surface area contributed by atoms with Crippen LogP contribution < -0.4 is 0 Å². The summed E-state index contributed by atoms with van der Waals surface area (Å²) in [6, 6.07) is 61.2. The number of nitrogens with zero attached hydrogens (tertiary/aromatic N) is 3. The molecule has 0 atom stereocenters. The first-order chi connectivity index (χ1) is 29.2. The molecule has 276 valence electrons. The molecule has 1 aliphatic rings. The zero-order chi connectivity index (χ0) is 38.9. The van der Waals surface area contributed by atoms with Crippen molar-refractivity contribution in [2.75, 3.05) is 0 Å². The maximum Gasteiger partial charge on any atom is 0.160 e. The van der Waals surface area contributed by atoms with E-state index in [4.69, 9.17) is 15.0 Å². The van der Waals surface area contributed by atoms with Gasteiger partial charge < -0.3 is 0 Å². The van der Waals surface area contributed by atoms with E-state index in [1.54, 1.807) is 0 Å². The lowest BCUT2D eigenvalue weighted by molar-refractivity contribution is 1.03. The number of allylic oxidation sites excluding steroid dienone is 4. The van der Waals surface area contributed by atoms with E-state index in [1.807, 2.05) is 29.5 Å². The fourth-order valence-corrected chi connectivity index (χ4v) is 10.3. The van der Waals surface area contributed by atoms with Crippen LogP contribution in [0.5, 0.6) is 0 Å². The summed E-state index contributed by atoms with van der Waals surface area (Å²) < 4.78 is 2.49. The summed E-state index contributed by atoms with van der Waals surface area (Å²) in [4.78, 5) is 16.0. The summed E-state index contributed by atoms with van der Waals surface area (Å²) in [5.74, 6) is 0.721. The third kappa shape index (κ3) is 5.60. The predicted molar refractivity (Wildman–Crippen MR) is 251 cm³/mol. The Morgan fingerprint density at radius 1 is 0.441 bits per heavy atom. The zero-order valence-electron chi connectivity index (χ0n) is 32.1. The fourth-order valence-electron chi connectivity index (χ4n) is 9.09. The van der Waals surface area contributed by atoms with Crippen molar-refractivity contribution in [3.05, 3.63) is 194 Å². The molecular formula is C55H35N3S. The van der Waals surface area contributed by atoms with Gasteiger partial charge in [0.1, 0.15) is 0 Å². The molecule has 0 saturated carbocycles. The normalized spacial score (nSPS) is 13.0. The number of rotatable bonds is 5. The summed E-state index contributed by atoms with van der Waals surface area (Å²) in [6.45, 7) is 0. The molecule has 0 saturated heterocycles. The molecule has 8 aromatic carbocycles. The molecule has 12 rings (SSSR count). The van der Waals surface area contributed by atoms with E-state index in [2.05, 4.69) is 170 Å². The van der Waals surface area contributed by atoms with Crippen LogP contribution in [0.15, 0.2) is 188 Å². The van der Waals surface area contributed by atoms with Crippen LogP contribution in [0.25, 0.3) is 114 Å². The predicted octanol–water partition coefficient (Wildman–Crippen LogP) is 15.3. The maximum absolute atomic E-state index is 5.64. The van der Waals surface area contributed by atoms with E-state index in [0.717, 1.165) is 63.3 Å². The highest BCUT2D eigenvalue weighted by atomic mass is 32.1. The van der Waals surface area contributed by atoms with Crippen LogP contribution in [0.2, 0.25) is 0 Å². The highest BCUT2D eigenvalue weighted by molar-refractivity contribution is 7.26. The van der Waals surface area contributed by atoms with Crippen molar-refractivity contribution in [3.8, 4) is 45.0 Å². The molecule has 59 heavy (non-hydrogen) atoms. The van der Waals surface area contributed by atoms with Crippen LogP contribution >= 0.6 is 11.3 Å². The van der Waals surface area contributed by atoms with Gasteiger partial charge >= 0.3 is 0 Å². The second-order valence-corrected chi connectivity index (χ2v) is 16.4. The Kier molecular flexibility index (Phi) is 7.85. The van der Waals surface area contributed by atoms with Crippen LogP contribution in [-0.2, 0) is 0 Å². The Labute approximate surface area is 345 Å². The summed E-state index contributed by atoms with van der Waals surface area (Å²) in [7, 11) is 0. The number of hydrogen-bond acceptors (Lipinski definition) is 4. The molecule has 0 spiro atoms. The molecule has 0 unspecified atom stereocenters. The minimum Gasteiger partial charge on any atom is -0.246 e. The highest BCUT2D eigenvalue weighted by Crippen LogP contribution is 2.45. The third-order valence-corrected chi connectivity index (χ3v) is 13.2. The van der Waals surface area contributed by atoms with Gasteiger partial charge in [0.05, 0.1) is 22.6 Å². The smallest absolute Gasteiger partial charge is 0.160 e. The monoisotopic (exact) mass is 769 g/mol. The molecule has 0 aliphatic heterocycles. The first-order valence-corrected chi connectivity index (χ1v) is 21.1. The van der Waals surface area contributed by atoms with Crippen molar-refractivity contribution in [3.63, 3.8) is 0 Å². The Morgan fingerprint density at radius 3 is 1.81 bits per heavy atom. The van der Waals surface area contributed by atoms with Gasteiger partial charge in [0, 0.05) is 42.2 Å². The molecule has 0 N–H and O–H groups in total. The van der Waals surface area contributed by atoms with Gasteiger partial charge in [-0.05, 0) is 80.1 Å². The molecule has 3 aromatic heterocycles. The molecular weight excluding hydrogens is 735 g/mol. The molecule has 0 bridgehead atoms. The van der Waals surface area contributed by atoms with Crippen LogP contribution in [0.1, 0.15) is 18.5 Å². The van der Waals surface area contributed by atoms with Crippen LogP contribution in [0.3, 0.4) is 0 Å². The number of para-hydroxylation sites is 1. The van der Waals surface area contributed by atoms with E-state index >= 15 is 0 Å². The standard InChI is InChI=1S/C55H35N3S/c1-3-14-35(15-4-1)48-33-49(57-55(56-48)37-16-5-2-6-17-37)44-23-13-24-46-53(44)58-52(51-45-22-11-12-25-50(45)59-54(46)51)36-28-26-34(27-29-36)38-30-31-43-41-20-8-7-18-39(41)40-19-9-10-21-42(40)47(43)32-38/h1-3,5-14,16-33H,4,15H2. The number of hydrogen-bond donors (Lipinski definition) is 0. The van der Waals surface area contributed by atoms with Gasteiger partial charge in [0.2, 0.25) is 0 Å². The van der Waals surface area contributed by atoms with Crippen LogP contribution in [0, 0.1) is 0 Å². The van der Waals surface area contributed by atoms with E-state index < -0.39 is 0 Å². The van der Waals surface area contributed by atoms with Crippen LogP contribution in [-0.4, -0.2) is 15.0 Å². The van der Waals surface area contributed by atoms with Crippen molar-refractivity contribution in [2.24, 2.45) is 0 Å². The van der Waals surface area contributed by atoms with E-state index in [9.17, 15) is 0 Å². The van der Waals surface area contributed by atoms with Crippen molar-refractivity contribution >= 4 is 80.3 Å². The number of thiophene rings is 1. The lowest BCUT2D eigenvalue weighted by Crippen LogP contribution is -2.00. The molecule has 0 radical (unpaired) electrons. The lowest BCUT2D eigenvalue weighted by Gasteiger charge is -2.15. The van der Waals surface area contributed by atoms with Gasteiger partial charge in [-0.1, -0.05) is 170 Å². The van der Waals surface area contributed by atoms with E-state index in [-0.39, 0.29) is 0 Å². The number of benzene rings is 8. The fraction of sp³-hybridized carbons (Fsp3) is 0.0364. The van der Waals surface area contributed by atoms with Gasteiger partial charge in [0.15, 0.2) is 5.82 Å². The third-order valence-electron chi connectivity index (χ3n) is 11.9. The van der Waals surface area contributed by atoms with Gasteiger partial charge in [-0.15, -0.1) is 11.3 Å². The molecule has 3 nitrogen and oxygen atoms in total. The van der Waals surface area contributed by atoms with Crippen LogP contribution in [0.4, 0.5) is 0 Å². The number of aromatic nitrogens is 3. The quantitative estimate of drug-likeness (QED) is 0.164. The Balaban J connectivity index is 1.04. The van der Waals surface area contributed by atoms with E-state index in [1.165, 1.54) is 69.2 Å². The molecule has 4 heteroatoms. The highest BCUT2D eigenvalue weighted by Gasteiger charge is 2.21. The van der Waals surface area contributed by atoms with E-state index in [0.29, 0.717) is 0 Å². The Hall–Kier alpha value is -7.27. The van der Waals surface area contributed by atoms with Crippen molar-refractivity contribution in [2.45, 2.75) is 12.8 Å². The number of pyridine rings is 1. The summed E-state index contributed by atoms with van der Waals surface area (Å²) >= 11 is 1.84. The molecule has 0 fully saturated rings. The average Bonchev–Trinajstić information content (AvgIpc) is 3.72. The SMILES string of the molecule is C1=CCCC(c2cc(-c3cccc4c3nc(-c3ccc(-c5ccc6c7ccccc7c7ccccc7c6c5)cc3)c3c5ccccc5sc43)nc(-c3ccccc3)n2)=C1. The second-order valence-electron chi connectivity index (χ2n) is 15.4. The van der Waals surface area contributed by atoms with Crippen molar-refractivity contribution < 1.29 is 0 Å². The lowest BCUT2D eigenvalue weighted by atomic mass is 9.92. The topological polar surface area (TPSA) is 38.7 Å². The summed E-state index contributed by atoms with van der Waals surface area (Å²) in [5, 5.41) is 11.3. The minimum absolute atomic E-state index is 0.721. The second kappa shape index (κ2) is 13.7. The largest absolute Gasteiger partial charge is 0.246 e. The Bertz CT molecular complexity index is 3510. The molecule has 0 amide bonds. The van der Waals surface area contributed by atoms with Gasteiger partial charge in [-0.25, -0.2) is 15.0 Å². The zero-order valence-corrected chi connectivity index (χ0v) is 32.9. The summed E-state index contributed by atoms with van der Waals surface area (Å²) in [5.41, 5.74) is 10.4. The molecule has 3 heterocycles. The first-order valence-electron chi connectivity index (χ1n) is 20.2. The van der Waals surface area contributed by atoms with Crippen molar-refractivity contribution in [1.29, 1.82) is 0 Å². The molecule has 11 aromatic rings. The van der Waals surface area contributed by atoms with Gasteiger partial charge in [-0.3, -0.25) is 0 Å². The minimum atomic E-state index is 0.721. The maximum atomic E-state index is 5.64. The van der Waals surface area contributed by atoms with Gasteiger partial charge in [-0.2, -0.15) is 0 Å². The Morgan fingerprint density at radius 2 is 1.07 bits per heavy atom. The summed E-state index contributed by atoms with van der Waals surface area (Å²) in [6.07, 6.45) is 8.50. The number of fused-ring (bicyclic) bond motifs is 11. The average molecular weight is 770 g/mol. The van der Waals surface area contributed by atoms with Gasteiger partial charge in [0.25, 0.3) is 0 Å². The molecule has 1 aliphatic carbocycles.